The van der Waals surface area contributed by atoms with Gasteiger partial charge < -0.3 is 5.11 Å². The van der Waals surface area contributed by atoms with Gasteiger partial charge in [0.25, 0.3) is 0 Å². The van der Waals surface area contributed by atoms with Crippen LogP contribution in [0.2, 0.25) is 0 Å². The van der Waals surface area contributed by atoms with Crippen LogP contribution >= 0.6 is 23.2 Å². The van der Waals surface area contributed by atoms with E-state index in [2.05, 4.69) is 0 Å². The molecule has 0 amide bonds. The maximum Gasteiger partial charge on any atom is 0.247 e. The molecule has 1 atom stereocenters. The lowest BCUT2D eigenvalue weighted by Crippen LogP contribution is -2.35. The molecule has 0 saturated carbocycles. The molecule has 3 nitrogen and oxygen atoms in total. The van der Waals surface area contributed by atoms with Crippen LogP contribution in [0.3, 0.4) is 0 Å². The van der Waals surface area contributed by atoms with Crippen LogP contribution in [0.1, 0.15) is 24.2 Å². The predicted molar refractivity (Wildman–Crippen MR) is 70.0 cm³/mol. The van der Waals surface area contributed by atoms with Gasteiger partial charge in [-0.15, -0.1) is 0 Å². The second kappa shape index (κ2) is 5.14. The predicted octanol–water partition coefficient (Wildman–Crippen LogP) is 2.59. The van der Waals surface area contributed by atoms with Gasteiger partial charge in [0.2, 0.25) is 3.67 Å². The summed E-state index contributed by atoms with van der Waals surface area (Å²) in [6.45, 7) is 3.18. The standard InChI is InChI=1S/C11H14Cl2O3S/c1-3-17(15,16)11(12,13)10(14)9-7-5-4-6-8(9)2/h4-7,10,14H,3H2,1-2H3/t10-/m1/s1. The van der Waals surface area contributed by atoms with Crippen LogP contribution in [-0.4, -0.2) is 22.9 Å². The molecule has 6 heteroatoms. The van der Waals surface area contributed by atoms with Crippen LogP contribution in [0, 0.1) is 6.92 Å². The number of halogens is 2. The molecule has 0 saturated heterocycles. The second-order valence-corrected chi connectivity index (χ2v) is 8.01. The highest BCUT2D eigenvalue weighted by atomic mass is 35.5. The van der Waals surface area contributed by atoms with E-state index in [1.54, 1.807) is 31.2 Å². The summed E-state index contributed by atoms with van der Waals surface area (Å²) in [5.41, 5.74) is 1.14. The first-order valence-electron chi connectivity index (χ1n) is 5.07. The zero-order valence-electron chi connectivity index (χ0n) is 9.52. The molecule has 0 aliphatic heterocycles. The minimum atomic E-state index is -3.78. The molecule has 0 aromatic heterocycles. The van der Waals surface area contributed by atoms with Crippen LogP contribution in [-0.2, 0) is 9.84 Å². The lowest BCUT2D eigenvalue weighted by Gasteiger charge is -2.26. The number of aliphatic hydroxyl groups excluding tert-OH is 1. The number of rotatable bonds is 4. The summed E-state index contributed by atoms with van der Waals surface area (Å²) in [6, 6.07) is 6.82. The summed E-state index contributed by atoms with van der Waals surface area (Å²) in [5.74, 6) is -0.233. The average molecular weight is 297 g/mol. The van der Waals surface area contributed by atoms with Crippen molar-refractivity contribution in [1.29, 1.82) is 0 Å². The summed E-state index contributed by atoms with van der Waals surface area (Å²) in [7, 11) is -3.78. The molecule has 1 rings (SSSR count). The largest absolute Gasteiger partial charge is 0.384 e. The first-order chi connectivity index (χ1) is 7.74. The van der Waals surface area contributed by atoms with Gasteiger partial charge in [-0.2, -0.15) is 0 Å². The Labute approximate surface area is 111 Å². The zero-order chi connectivity index (χ0) is 13.3. The van der Waals surface area contributed by atoms with Crippen molar-refractivity contribution in [3.63, 3.8) is 0 Å². The third-order valence-corrected chi connectivity index (χ3v) is 6.23. The number of hydrogen-bond acceptors (Lipinski definition) is 3. The third kappa shape index (κ3) is 2.76. The quantitative estimate of drug-likeness (QED) is 0.869. The number of aryl methyl sites for hydroxylation is 1. The fourth-order valence-electron chi connectivity index (χ4n) is 1.44. The molecule has 0 fully saturated rings. The SMILES string of the molecule is CCS(=O)(=O)C(Cl)(Cl)[C@H](O)c1ccccc1C. The van der Waals surface area contributed by atoms with Gasteiger partial charge in [-0.3, -0.25) is 0 Å². The van der Waals surface area contributed by atoms with Gasteiger partial charge >= 0.3 is 0 Å². The molecule has 0 bridgehead atoms. The van der Waals surface area contributed by atoms with Crippen LogP contribution in [0.4, 0.5) is 0 Å². The molecule has 1 N–H and O–H groups in total. The third-order valence-electron chi connectivity index (χ3n) is 2.60. The minimum Gasteiger partial charge on any atom is -0.384 e. The highest BCUT2D eigenvalue weighted by Gasteiger charge is 2.46. The number of alkyl halides is 2. The Kier molecular flexibility index (Phi) is 4.47. The Morgan fingerprint density at radius 1 is 1.35 bits per heavy atom. The summed E-state index contributed by atoms with van der Waals surface area (Å²) in [5, 5.41) is 10.1. The van der Waals surface area contributed by atoms with Crippen molar-refractivity contribution < 1.29 is 13.5 Å². The molecule has 1 aromatic rings. The van der Waals surface area contributed by atoms with Crippen molar-refractivity contribution >= 4 is 33.0 Å². The minimum absolute atomic E-state index is 0.233. The Morgan fingerprint density at radius 2 is 1.88 bits per heavy atom. The Bertz CT molecular complexity index is 497. The summed E-state index contributed by atoms with van der Waals surface area (Å²) >= 11 is 11.6. The number of sulfone groups is 1. The van der Waals surface area contributed by atoms with E-state index in [9.17, 15) is 13.5 Å². The summed E-state index contributed by atoms with van der Waals surface area (Å²) < 4.78 is 21.2. The van der Waals surface area contributed by atoms with Gasteiger partial charge in [0.1, 0.15) is 6.10 Å². The maximum atomic E-state index is 11.7. The Hall–Kier alpha value is -0.290. The van der Waals surface area contributed by atoms with Crippen molar-refractivity contribution in [3.05, 3.63) is 35.4 Å². The lowest BCUT2D eigenvalue weighted by molar-refractivity contribution is 0.180. The number of aliphatic hydroxyl groups is 1. The van der Waals surface area contributed by atoms with Crippen molar-refractivity contribution in [2.75, 3.05) is 5.75 Å². The van der Waals surface area contributed by atoms with E-state index >= 15 is 0 Å². The first-order valence-corrected chi connectivity index (χ1v) is 7.48. The Balaban J connectivity index is 3.23. The van der Waals surface area contributed by atoms with E-state index in [1.165, 1.54) is 6.92 Å². The molecule has 0 aliphatic carbocycles. The van der Waals surface area contributed by atoms with E-state index in [1.807, 2.05) is 0 Å². The second-order valence-electron chi connectivity index (χ2n) is 3.72. The van der Waals surface area contributed by atoms with Crippen LogP contribution in [0.5, 0.6) is 0 Å². The van der Waals surface area contributed by atoms with E-state index in [4.69, 9.17) is 23.2 Å². The Morgan fingerprint density at radius 3 is 2.35 bits per heavy atom. The molecule has 0 aliphatic rings. The van der Waals surface area contributed by atoms with E-state index in [0.717, 1.165) is 5.56 Å². The van der Waals surface area contributed by atoms with Gasteiger partial charge in [0.15, 0.2) is 9.84 Å². The van der Waals surface area contributed by atoms with Gasteiger partial charge in [-0.1, -0.05) is 54.4 Å². The fourth-order valence-corrected chi connectivity index (χ4v) is 3.18. The summed E-state index contributed by atoms with van der Waals surface area (Å²) in [4.78, 5) is 0. The van der Waals surface area contributed by atoms with E-state index < -0.39 is 19.6 Å². The molecule has 17 heavy (non-hydrogen) atoms. The molecule has 0 spiro atoms. The zero-order valence-corrected chi connectivity index (χ0v) is 11.9. The lowest BCUT2D eigenvalue weighted by atomic mass is 10.0. The average Bonchev–Trinajstić information content (AvgIpc) is 2.28. The maximum absolute atomic E-state index is 11.7. The monoisotopic (exact) mass is 296 g/mol. The van der Waals surface area contributed by atoms with Gasteiger partial charge in [0.05, 0.1) is 5.75 Å². The van der Waals surface area contributed by atoms with Crippen LogP contribution in [0.15, 0.2) is 24.3 Å². The topological polar surface area (TPSA) is 54.4 Å². The molecule has 0 unspecified atom stereocenters. The van der Waals surface area contributed by atoms with Gasteiger partial charge in [-0.25, -0.2) is 8.42 Å². The summed E-state index contributed by atoms with van der Waals surface area (Å²) in [6.07, 6.45) is -1.48. The smallest absolute Gasteiger partial charge is 0.247 e. The fraction of sp³-hybridized carbons (Fsp3) is 0.455. The highest BCUT2D eigenvalue weighted by molar-refractivity contribution is 7.95. The van der Waals surface area contributed by atoms with Gasteiger partial charge in [-0.05, 0) is 18.1 Å². The van der Waals surface area contributed by atoms with Gasteiger partial charge in [0, 0.05) is 0 Å². The first kappa shape index (κ1) is 14.8. The van der Waals surface area contributed by atoms with Crippen LogP contribution < -0.4 is 0 Å². The molecule has 96 valence electrons. The molecular weight excluding hydrogens is 283 g/mol. The number of hydrogen-bond donors (Lipinski definition) is 1. The van der Waals surface area contributed by atoms with Crippen molar-refractivity contribution in [3.8, 4) is 0 Å². The molecule has 1 aromatic carbocycles. The molecular formula is C11H14Cl2O3S. The van der Waals surface area contributed by atoms with Crippen molar-refractivity contribution in [1.82, 2.24) is 0 Å². The highest BCUT2D eigenvalue weighted by Crippen LogP contribution is 2.41. The van der Waals surface area contributed by atoms with Crippen molar-refractivity contribution in [2.45, 2.75) is 23.6 Å². The van der Waals surface area contributed by atoms with Crippen molar-refractivity contribution in [2.24, 2.45) is 0 Å². The number of benzene rings is 1. The normalized spacial score (nSPS) is 14.6. The van der Waals surface area contributed by atoms with E-state index in [0.29, 0.717) is 5.56 Å². The molecule has 0 radical (unpaired) electrons. The van der Waals surface area contributed by atoms with Crippen LogP contribution in [0.25, 0.3) is 0 Å². The molecule has 0 heterocycles. The van der Waals surface area contributed by atoms with E-state index in [-0.39, 0.29) is 5.75 Å².